The van der Waals surface area contributed by atoms with Crippen LogP contribution in [0.15, 0.2) is 70.1 Å². The smallest absolute Gasteiger partial charge is 0.408 e. The van der Waals surface area contributed by atoms with Crippen LogP contribution < -0.4 is 11.1 Å². The molecule has 0 saturated heterocycles. The predicted octanol–water partition coefficient (Wildman–Crippen LogP) is 2.37. The number of carbonyl (C=O) groups excluding carboxylic acids is 1. The molecular formula is C20H17FN4O3. The Hall–Kier alpha value is -3.68. The fraction of sp³-hybridized carbons (Fsp3) is 0.150. The van der Waals surface area contributed by atoms with Crippen molar-refractivity contribution >= 4 is 17.0 Å². The number of nitrogens with zero attached hydrogens (tertiary/aromatic N) is 3. The van der Waals surface area contributed by atoms with Gasteiger partial charge in [-0.05, 0) is 29.8 Å². The molecule has 0 aliphatic rings. The maximum absolute atomic E-state index is 13.3. The highest BCUT2D eigenvalue weighted by Crippen LogP contribution is 2.21. The Kier molecular flexibility index (Phi) is 4.52. The molecule has 2 aromatic heterocycles. The molecule has 1 amide bonds. The lowest BCUT2D eigenvalue weighted by Crippen LogP contribution is -2.35. The Morgan fingerprint density at radius 2 is 1.96 bits per heavy atom. The lowest BCUT2D eigenvalue weighted by Gasteiger charge is -2.19. The van der Waals surface area contributed by atoms with Crippen LogP contribution in [0.4, 0.5) is 4.39 Å². The Balaban J connectivity index is 1.64. The molecular weight excluding hydrogens is 363 g/mol. The molecule has 142 valence electrons. The Morgan fingerprint density at radius 3 is 2.68 bits per heavy atom. The number of amides is 1. The van der Waals surface area contributed by atoms with Crippen molar-refractivity contribution in [3.8, 4) is 0 Å². The minimum absolute atomic E-state index is 0.210. The van der Waals surface area contributed by atoms with Crippen molar-refractivity contribution in [3.63, 3.8) is 0 Å². The first-order chi connectivity index (χ1) is 13.5. The number of hydrogen-bond acceptors (Lipinski definition) is 4. The summed E-state index contributed by atoms with van der Waals surface area (Å²) in [6.07, 6.45) is 3.37. The van der Waals surface area contributed by atoms with E-state index in [4.69, 9.17) is 4.42 Å². The van der Waals surface area contributed by atoms with Crippen molar-refractivity contribution in [2.24, 2.45) is 7.05 Å². The third-order valence-electron chi connectivity index (χ3n) is 4.50. The van der Waals surface area contributed by atoms with Crippen molar-refractivity contribution in [1.29, 1.82) is 0 Å². The number of nitrogens with one attached hydrogen (secondary N) is 1. The van der Waals surface area contributed by atoms with Gasteiger partial charge in [0.05, 0.1) is 5.52 Å². The molecule has 0 fully saturated rings. The molecule has 0 radical (unpaired) electrons. The Morgan fingerprint density at radius 1 is 1.21 bits per heavy atom. The van der Waals surface area contributed by atoms with E-state index in [1.807, 2.05) is 0 Å². The number of imidazole rings is 1. The molecule has 1 unspecified atom stereocenters. The van der Waals surface area contributed by atoms with Crippen molar-refractivity contribution < 1.29 is 13.6 Å². The van der Waals surface area contributed by atoms with Crippen LogP contribution in [0.5, 0.6) is 0 Å². The van der Waals surface area contributed by atoms with Gasteiger partial charge in [0.25, 0.3) is 0 Å². The molecule has 0 saturated carbocycles. The lowest BCUT2D eigenvalue weighted by atomic mass is 10.1. The van der Waals surface area contributed by atoms with Gasteiger partial charge in [-0.15, -0.1) is 0 Å². The number of oxazole rings is 1. The standard InChI is InChI=1S/C20H17FN4O3/c1-24-11-10-22-19(24)18(13-6-8-14(21)9-7-13)23-17(26)12-25-15-4-2-3-5-16(15)28-20(25)27/h2-11,18H,12H2,1H3,(H,23,26). The van der Waals surface area contributed by atoms with Gasteiger partial charge in [0.15, 0.2) is 5.58 Å². The summed E-state index contributed by atoms with van der Waals surface area (Å²) in [5.74, 6) is -0.785. The summed E-state index contributed by atoms with van der Waals surface area (Å²) >= 11 is 0. The van der Waals surface area contributed by atoms with Gasteiger partial charge in [-0.3, -0.25) is 9.36 Å². The summed E-state index contributed by atoms with van der Waals surface area (Å²) in [6, 6.07) is 12.1. The number of hydrogen-bond donors (Lipinski definition) is 1. The lowest BCUT2D eigenvalue weighted by molar-refractivity contribution is -0.122. The van der Waals surface area contributed by atoms with E-state index in [0.29, 0.717) is 22.5 Å². The van der Waals surface area contributed by atoms with E-state index in [1.165, 1.54) is 16.7 Å². The molecule has 8 heteroatoms. The minimum atomic E-state index is -0.605. The van der Waals surface area contributed by atoms with Gasteiger partial charge in [-0.1, -0.05) is 24.3 Å². The summed E-state index contributed by atoms with van der Waals surface area (Å²) in [6.45, 7) is -0.210. The minimum Gasteiger partial charge on any atom is -0.408 e. The first-order valence-electron chi connectivity index (χ1n) is 8.63. The van der Waals surface area contributed by atoms with E-state index in [-0.39, 0.29) is 12.4 Å². The number of fused-ring (bicyclic) bond motifs is 1. The second kappa shape index (κ2) is 7.15. The van der Waals surface area contributed by atoms with E-state index >= 15 is 0 Å². The van der Waals surface area contributed by atoms with E-state index in [1.54, 1.807) is 60.4 Å². The van der Waals surface area contributed by atoms with Crippen molar-refractivity contribution in [3.05, 3.63) is 88.7 Å². The van der Waals surface area contributed by atoms with Crippen LogP contribution >= 0.6 is 0 Å². The van der Waals surface area contributed by atoms with E-state index in [9.17, 15) is 14.0 Å². The fourth-order valence-corrected chi connectivity index (χ4v) is 3.12. The summed E-state index contributed by atoms with van der Waals surface area (Å²) in [4.78, 5) is 29.1. The highest BCUT2D eigenvalue weighted by Gasteiger charge is 2.22. The molecule has 2 aromatic carbocycles. The van der Waals surface area contributed by atoms with E-state index in [0.717, 1.165) is 0 Å². The number of carbonyl (C=O) groups is 1. The second-order valence-corrected chi connectivity index (χ2v) is 6.37. The number of benzene rings is 2. The van der Waals surface area contributed by atoms with E-state index in [2.05, 4.69) is 10.3 Å². The van der Waals surface area contributed by atoms with Crippen LogP contribution in [0.25, 0.3) is 11.1 Å². The fourth-order valence-electron chi connectivity index (χ4n) is 3.12. The molecule has 1 atom stereocenters. The molecule has 0 bridgehead atoms. The van der Waals surface area contributed by atoms with Gasteiger partial charge in [-0.2, -0.15) is 0 Å². The number of rotatable bonds is 5. The molecule has 1 N–H and O–H groups in total. The third kappa shape index (κ3) is 3.32. The first-order valence-corrected chi connectivity index (χ1v) is 8.63. The maximum Gasteiger partial charge on any atom is 0.420 e. The average Bonchev–Trinajstić information content (AvgIpc) is 3.24. The highest BCUT2D eigenvalue weighted by molar-refractivity contribution is 5.80. The predicted molar refractivity (Wildman–Crippen MR) is 100 cm³/mol. The zero-order valence-electron chi connectivity index (χ0n) is 15.0. The molecule has 0 aliphatic heterocycles. The quantitative estimate of drug-likeness (QED) is 0.576. The number of aromatic nitrogens is 3. The molecule has 7 nitrogen and oxygen atoms in total. The van der Waals surface area contributed by atoms with Gasteiger partial charge in [0.2, 0.25) is 5.91 Å². The molecule has 4 aromatic rings. The summed E-state index contributed by atoms with van der Waals surface area (Å²) in [5.41, 5.74) is 1.63. The Bertz CT molecular complexity index is 1190. The van der Waals surface area contributed by atoms with Crippen LogP contribution in [-0.4, -0.2) is 20.0 Å². The largest absolute Gasteiger partial charge is 0.420 e. The van der Waals surface area contributed by atoms with Gasteiger partial charge >= 0.3 is 5.76 Å². The van der Waals surface area contributed by atoms with Crippen LogP contribution in [0.1, 0.15) is 17.4 Å². The molecule has 0 spiro atoms. The molecule has 4 rings (SSSR count). The summed E-state index contributed by atoms with van der Waals surface area (Å²) < 4.78 is 21.5. The summed E-state index contributed by atoms with van der Waals surface area (Å²) in [7, 11) is 1.80. The monoisotopic (exact) mass is 380 g/mol. The number of para-hydroxylation sites is 2. The van der Waals surface area contributed by atoms with Crippen molar-refractivity contribution in [1.82, 2.24) is 19.4 Å². The number of aryl methyl sites for hydroxylation is 1. The summed E-state index contributed by atoms with van der Waals surface area (Å²) in [5, 5.41) is 2.88. The molecule has 0 aliphatic carbocycles. The topological polar surface area (TPSA) is 82.1 Å². The normalized spacial score (nSPS) is 12.2. The van der Waals surface area contributed by atoms with Gasteiger partial charge in [-0.25, -0.2) is 14.2 Å². The molecule has 28 heavy (non-hydrogen) atoms. The van der Waals surface area contributed by atoms with Crippen molar-refractivity contribution in [2.45, 2.75) is 12.6 Å². The van der Waals surface area contributed by atoms with Crippen LogP contribution in [0.2, 0.25) is 0 Å². The third-order valence-corrected chi connectivity index (χ3v) is 4.50. The van der Waals surface area contributed by atoms with Gasteiger partial charge in [0, 0.05) is 19.4 Å². The zero-order valence-corrected chi connectivity index (χ0v) is 15.0. The van der Waals surface area contributed by atoms with Gasteiger partial charge < -0.3 is 14.3 Å². The highest BCUT2D eigenvalue weighted by atomic mass is 19.1. The SMILES string of the molecule is Cn1ccnc1C(NC(=O)Cn1c(=O)oc2ccccc21)c1ccc(F)cc1. The average molecular weight is 380 g/mol. The number of halogens is 1. The Labute approximate surface area is 159 Å². The maximum atomic E-state index is 13.3. The first kappa shape index (κ1) is 17.7. The van der Waals surface area contributed by atoms with Crippen LogP contribution in [0.3, 0.4) is 0 Å². The van der Waals surface area contributed by atoms with Gasteiger partial charge in [0.1, 0.15) is 24.2 Å². The zero-order chi connectivity index (χ0) is 19.7. The van der Waals surface area contributed by atoms with Crippen LogP contribution in [-0.2, 0) is 18.4 Å². The molecule has 2 heterocycles. The van der Waals surface area contributed by atoms with Crippen LogP contribution in [0, 0.1) is 5.82 Å². The second-order valence-electron chi connectivity index (χ2n) is 6.37. The van der Waals surface area contributed by atoms with E-state index < -0.39 is 17.7 Å². The van der Waals surface area contributed by atoms with Crippen molar-refractivity contribution in [2.75, 3.05) is 0 Å².